The van der Waals surface area contributed by atoms with Crippen LogP contribution in [0.15, 0.2) is 36.4 Å². The van der Waals surface area contributed by atoms with Gasteiger partial charge in [-0.1, -0.05) is 29.3 Å². The number of carbonyl (C=O) groups excluding carboxylic acids is 1. The second-order valence-electron chi connectivity index (χ2n) is 4.12. The van der Waals surface area contributed by atoms with Crippen LogP contribution in [0.2, 0.25) is 10.0 Å². The van der Waals surface area contributed by atoms with E-state index in [4.69, 9.17) is 33.7 Å². The van der Waals surface area contributed by atoms with Crippen LogP contribution in [-0.4, -0.2) is 12.5 Å². The molecule has 0 radical (unpaired) electrons. The van der Waals surface area contributed by atoms with Gasteiger partial charge in [0.25, 0.3) is 5.91 Å². The van der Waals surface area contributed by atoms with Crippen molar-refractivity contribution in [3.63, 3.8) is 0 Å². The van der Waals surface area contributed by atoms with Crippen LogP contribution in [0.3, 0.4) is 0 Å². The molecule has 2 aromatic carbocycles. The largest absolute Gasteiger partial charge is 0.481 e. The van der Waals surface area contributed by atoms with Gasteiger partial charge in [-0.3, -0.25) is 4.79 Å². The zero-order valence-electron chi connectivity index (χ0n) is 10.7. The Morgan fingerprint density at radius 3 is 2.52 bits per heavy atom. The molecule has 1 amide bonds. The Kier molecular flexibility index (Phi) is 4.88. The summed E-state index contributed by atoms with van der Waals surface area (Å²) in [6.45, 7) is -0.305. The molecule has 7 heteroatoms. The number of carbonyl (C=O) groups is 1. The van der Waals surface area contributed by atoms with Crippen LogP contribution >= 0.6 is 23.2 Å². The van der Waals surface area contributed by atoms with Crippen LogP contribution in [0.1, 0.15) is 0 Å². The topological polar surface area (TPSA) is 64.3 Å². The fourth-order valence-corrected chi connectivity index (χ4v) is 2.10. The van der Waals surface area contributed by atoms with Gasteiger partial charge in [0.05, 0.1) is 21.4 Å². The summed E-state index contributed by atoms with van der Waals surface area (Å²) < 4.78 is 18.2. The number of amides is 1. The molecule has 0 heterocycles. The maximum atomic E-state index is 12.9. The average Bonchev–Trinajstić information content (AvgIpc) is 2.41. The lowest BCUT2D eigenvalue weighted by Crippen LogP contribution is -2.21. The third-order valence-electron chi connectivity index (χ3n) is 2.55. The number of ether oxygens (including phenoxy) is 1. The van der Waals surface area contributed by atoms with Crippen LogP contribution in [0.25, 0.3) is 0 Å². The van der Waals surface area contributed by atoms with E-state index in [2.05, 4.69) is 5.32 Å². The van der Waals surface area contributed by atoms with Gasteiger partial charge in [0, 0.05) is 0 Å². The van der Waals surface area contributed by atoms with Gasteiger partial charge in [0.1, 0.15) is 5.82 Å². The second-order valence-corrected chi connectivity index (χ2v) is 4.93. The summed E-state index contributed by atoms with van der Waals surface area (Å²) in [6, 6.07) is 8.53. The lowest BCUT2D eigenvalue weighted by atomic mass is 10.2. The highest BCUT2D eigenvalue weighted by Gasteiger charge is 2.11. The molecule has 0 bridgehead atoms. The van der Waals surface area contributed by atoms with Crippen LogP contribution in [0.5, 0.6) is 5.75 Å². The predicted molar refractivity (Wildman–Crippen MR) is 81.4 cm³/mol. The SMILES string of the molecule is Nc1cc(F)ccc1NC(=O)COc1c(Cl)cccc1Cl. The number of hydrogen-bond donors (Lipinski definition) is 2. The Morgan fingerprint density at radius 1 is 1.24 bits per heavy atom. The van der Waals surface area contributed by atoms with Crippen molar-refractivity contribution in [2.45, 2.75) is 0 Å². The number of nitrogens with one attached hydrogen (secondary N) is 1. The van der Waals surface area contributed by atoms with E-state index < -0.39 is 11.7 Å². The summed E-state index contributed by atoms with van der Waals surface area (Å²) in [5, 5.41) is 3.11. The lowest BCUT2D eigenvalue weighted by molar-refractivity contribution is -0.118. The third kappa shape index (κ3) is 4.00. The first-order chi connectivity index (χ1) is 9.97. The molecule has 0 spiro atoms. The number of nitrogen functional groups attached to an aromatic ring is 1. The van der Waals surface area contributed by atoms with E-state index >= 15 is 0 Å². The van der Waals surface area contributed by atoms with Crippen molar-refractivity contribution < 1.29 is 13.9 Å². The molecule has 0 aliphatic heterocycles. The molecule has 0 aliphatic carbocycles. The molecule has 2 aromatic rings. The smallest absolute Gasteiger partial charge is 0.262 e. The summed E-state index contributed by atoms with van der Waals surface area (Å²) >= 11 is 11.8. The highest BCUT2D eigenvalue weighted by Crippen LogP contribution is 2.32. The molecule has 0 aliphatic rings. The molecule has 21 heavy (non-hydrogen) atoms. The van der Waals surface area contributed by atoms with Gasteiger partial charge in [0.2, 0.25) is 0 Å². The van der Waals surface area contributed by atoms with Crippen molar-refractivity contribution in [2.24, 2.45) is 0 Å². The number of nitrogens with two attached hydrogens (primary N) is 1. The van der Waals surface area contributed by atoms with Crippen molar-refractivity contribution in [1.82, 2.24) is 0 Å². The fourth-order valence-electron chi connectivity index (χ4n) is 1.59. The normalized spacial score (nSPS) is 10.2. The summed E-state index contributed by atoms with van der Waals surface area (Å²) in [4.78, 5) is 11.8. The first-order valence-corrected chi connectivity index (χ1v) is 6.64. The predicted octanol–water partition coefficient (Wildman–Crippen LogP) is 3.73. The molecular formula is C14H11Cl2FN2O2. The zero-order valence-corrected chi connectivity index (χ0v) is 12.2. The highest BCUT2D eigenvalue weighted by molar-refractivity contribution is 6.37. The van der Waals surface area contributed by atoms with Gasteiger partial charge in [-0.25, -0.2) is 4.39 Å². The number of halogens is 3. The average molecular weight is 329 g/mol. The number of benzene rings is 2. The minimum Gasteiger partial charge on any atom is -0.481 e. The number of hydrogen-bond acceptors (Lipinski definition) is 3. The zero-order chi connectivity index (χ0) is 15.4. The first kappa shape index (κ1) is 15.4. The summed E-state index contributed by atoms with van der Waals surface area (Å²) in [5.74, 6) is -0.725. The Morgan fingerprint density at radius 2 is 1.90 bits per heavy atom. The second kappa shape index (κ2) is 6.65. The number of rotatable bonds is 4. The number of para-hydroxylation sites is 1. The number of anilines is 2. The quantitative estimate of drug-likeness (QED) is 0.840. The molecule has 4 nitrogen and oxygen atoms in total. The molecular weight excluding hydrogens is 318 g/mol. The van der Waals surface area contributed by atoms with Crippen molar-refractivity contribution >= 4 is 40.5 Å². The van der Waals surface area contributed by atoms with Crippen LogP contribution in [0, 0.1) is 5.82 Å². The Labute approximate surface area is 130 Å². The molecule has 3 N–H and O–H groups in total. The Hall–Kier alpha value is -1.98. The van der Waals surface area contributed by atoms with E-state index in [9.17, 15) is 9.18 Å². The Bertz CT molecular complexity index is 660. The molecule has 0 unspecified atom stereocenters. The van der Waals surface area contributed by atoms with Gasteiger partial charge in [-0.05, 0) is 30.3 Å². The standard InChI is InChI=1S/C14H11Cl2FN2O2/c15-9-2-1-3-10(16)14(9)21-7-13(20)19-12-5-4-8(17)6-11(12)18/h1-6H,7,18H2,(H,19,20). The first-order valence-electron chi connectivity index (χ1n) is 5.89. The highest BCUT2D eigenvalue weighted by atomic mass is 35.5. The maximum Gasteiger partial charge on any atom is 0.262 e. The van der Waals surface area contributed by atoms with Gasteiger partial charge in [-0.15, -0.1) is 0 Å². The van der Waals surface area contributed by atoms with Crippen LogP contribution in [0.4, 0.5) is 15.8 Å². The van der Waals surface area contributed by atoms with Crippen molar-refractivity contribution in [2.75, 3.05) is 17.7 Å². The van der Waals surface area contributed by atoms with E-state index in [-0.39, 0.29) is 18.0 Å². The maximum absolute atomic E-state index is 12.9. The van der Waals surface area contributed by atoms with Gasteiger partial charge in [-0.2, -0.15) is 0 Å². The monoisotopic (exact) mass is 328 g/mol. The minimum atomic E-state index is -0.482. The molecule has 2 rings (SSSR count). The molecule has 0 atom stereocenters. The fraction of sp³-hybridized carbons (Fsp3) is 0.0714. The summed E-state index contributed by atoms with van der Waals surface area (Å²) in [7, 11) is 0. The Balaban J connectivity index is 1.99. The van der Waals surface area contributed by atoms with E-state index in [0.717, 1.165) is 6.07 Å². The van der Waals surface area contributed by atoms with E-state index in [0.29, 0.717) is 15.7 Å². The van der Waals surface area contributed by atoms with E-state index in [1.165, 1.54) is 12.1 Å². The van der Waals surface area contributed by atoms with Crippen molar-refractivity contribution in [1.29, 1.82) is 0 Å². The van der Waals surface area contributed by atoms with Crippen LogP contribution < -0.4 is 15.8 Å². The van der Waals surface area contributed by atoms with Crippen molar-refractivity contribution in [3.05, 3.63) is 52.3 Å². The minimum absolute atomic E-state index is 0.124. The lowest BCUT2D eigenvalue weighted by Gasteiger charge is -2.11. The van der Waals surface area contributed by atoms with E-state index in [1.807, 2.05) is 0 Å². The molecule has 0 saturated heterocycles. The molecule has 0 fully saturated rings. The van der Waals surface area contributed by atoms with Crippen LogP contribution in [-0.2, 0) is 4.79 Å². The summed E-state index contributed by atoms with van der Waals surface area (Å²) in [6.07, 6.45) is 0. The molecule has 0 aromatic heterocycles. The van der Waals surface area contributed by atoms with Gasteiger partial charge >= 0.3 is 0 Å². The molecule has 0 saturated carbocycles. The third-order valence-corrected chi connectivity index (χ3v) is 3.15. The summed E-state index contributed by atoms with van der Waals surface area (Å²) in [5.41, 5.74) is 6.01. The molecule has 110 valence electrons. The van der Waals surface area contributed by atoms with Crippen molar-refractivity contribution in [3.8, 4) is 5.75 Å². The van der Waals surface area contributed by atoms with Gasteiger partial charge in [0.15, 0.2) is 12.4 Å². The van der Waals surface area contributed by atoms with E-state index in [1.54, 1.807) is 18.2 Å². The van der Waals surface area contributed by atoms with Gasteiger partial charge < -0.3 is 15.8 Å².